The zero-order valence-electron chi connectivity index (χ0n) is 21.2. The Hall–Kier alpha value is -3.62. The number of benzene rings is 3. The summed E-state index contributed by atoms with van der Waals surface area (Å²) in [5.74, 6) is 0.301. The van der Waals surface area contributed by atoms with E-state index in [2.05, 4.69) is 5.32 Å². The average molecular weight is 495 g/mol. The fourth-order valence-corrected chi connectivity index (χ4v) is 3.74. The van der Waals surface area contributed by atoms with Gasteiger partial charge in [-0.3, -0.25) is 4.79 Å². The van der Waals surface area contributed by atoms with Gasteiger partial charge in [-0.25, -0.2) is 4.79 Å². The molecule has 3 N–H and O–H groups in total. The van der Waals surface area contributed by atoms with E-state index in [1.165, 1.54) is 0 Å². The molecule has 0 saturated heterocycles. The van der Waals surface area contributed by atoms with Gasteiger partial charge < -0.3 is 29.9 Å². The molecule has 3 rings (SSSR count). The summed E-state index contributed by atoms with van der Waals surface area (Å²) in [6.07, 6.45) is 0. The van der Waals surface area contributed by atoms with Gasteiger partial charge in [0, 0.05) is 35.1 Å². The number of fused-ring (bicyclic) bond motifs is 1. The number of rotatable bonds is 10. The monoisotopic (exact) mass is 494 g/mol. The van der Waals surface area contributed by atoms with Gasteiger partial charge in [0.1, 0.15) is 23.1 Å². The minimum Gasteiger partial charge on any atom is -0.458 e. The largest absolute Gasteiger partial charge is 0.458 e. The maximum absolute atomic E-state index is 12.6. The van der Waals surface area contributed by atoms with Crippen molar-refractivity contribution in [3.05, 3.63) is 66.2 Å². The van der Waals surface area contributed by atoms with Crippen molar-refractivity contribution >= 4 is 28.3 Å². The highest BCUT2D eigenvalue weighted by Crippen LogP contribution is 2.36. The molecule has 192 valence electrons. The molecule has 0 aliphatic carbocycles. The summed E-state index contributed by atoms with van der Waals surface area (Å²) in [5.41, 5.74) is 0.654. The van der Waals surface area contributed by atoms with Crippen molar-refractivity contribution in [2.24, 2.45) is 0 Å². The van der Waals surface area contributed by atoms with Crippen LogP contribution in [0.15, 0.2) is 60.7 Å². The van der Waals surface area contributed by atoms with E-state index in [9.17, 15) is 19.8 Å². The molecule has 0 heterocycles. The predicted molar refractivity (Wildman–Crippen MR) is 140 cm³/mol. The highest BCUT2D eigenvalue weighted by molar-refractivity contribution is 5.99. The first-order chi connectivity index (χ1) is 17.1. The van der Waals surface area contributed by atoms with Crippen molar-refractivity contribution in [2.45, 2.75) is 39.3 Å². The zero-order valence-corrected chi connectivity index (χ0v) is 21.2. The third-order valence-electron chi connectivity index (χ3n) is 5.39. The predicted octanol–water partition coefficient (Wildman–Crippen LogP) is 3.88. The van der Waals surface area contributed by atoms with Gasteiger partial charge in [0.05, 0.1) is 13.2 Å². The van der Waals surface area contributed by atoms with Crippen LogP contribution in [0.4, 0.5) is 5.69 Å². The molecule has 3 aromatic carbocycles. The molecule has 3 aromatic rings. The molecule has 0 unspecified atom stereocenters. The Labute approximate surface area is 211 Å². The number of aliphatic hydroxyl groups excluding tert-OH is 2. The SMILES string of the molecule is C[C@H](NC(=O)c1ccc(Oc2ccc(N(CCO)CCO)c3ccccc23)cc1)C(=O)OC(C)(C)C. The second kappa shape index (κ2) is 11.9. The molecule has 1 atom stereocenters. The van der Waals surface area contributed by atoms with Gasteiger partial charge in [-0.15, -0.1) is 0 Å². The molecule has 0 fully saturated rings. The number of esters is 1. The van der Waals surface area contributed by atoms with Crippen LogP contribution in [-0.4, -0.2) is 60.0 Å². The Balaban J connectivity index is 1.75. The van der Waals surface area contributed by atoms with Gasteiger partial charge in [0.25, 0.3) is 5.91 Å². The van der Waals surface area contributed by atoms with Crippen LogP contribution in [0.1, 0.15) is 38.1 Å². The van der Waals surface area contributed by atoms with Crippen LogP contribution >= 0.6 is 0 Å². The molecule has 0 radical (unpaired) electrons. The normalized spacial score (nSPS) is 12.2. The van der Waals surface area contributed by atoms with E-state index in [0.717, 1.165) is 16.5 Å². The first-order valence-corrected chi connectivity index (χ1v) is 11.9. The van der Waals surface area contributed by atoms with E-state index in [-0.39, 0.29) is 19.1 Å². The van der Waals surface area contributed by atoms with Gasteiger partial charge in [-0.1, -0.05) is 24.3 Å². The van der Waals surface area contributed by atoms with Gasteiger partial charge in [0.15, 0.2) is 0 Å². The quantitative estimate of drug-likeness (QED) is 0.367. The van der Waals surface area contributed by atoms with Crippen LogP contribution < -0.4 is 15.0 Å². The summed E-state index contributed by atoms with van der Waals surface area (Å²) in [5, 5.41) is 23.3. The van der Waals surface area contributed by atoms with Crippen molar-refractivity contribution < 1.29 is 29.3 Å². The highest BCUT2D eigenvalue weighted by atomic mass is 16.6. The summed E-state index contributed by atoms with van der Waals surface area (Å²) in [6, 6.07) is 17.4. The van der Waals surface area contributed by atoms with Crippen LogP contribution in [0.25, 0.3) is 10.8 Å². The smallest absolute Gasteiger partial charge is 0.328 e. The highest BCUT2D eigenvalue weighted by Gasteiger charge is 2.23. The van der Waals surface area contributed by atoms with Gasteiger partial charge in [-0.2, -0.15) is 0 Å². The van der Waals surface area contributed by atoms with Crippen molar-refractivity contribution in [1.82, 2.24) is 5.32 Å². The van der Waals surface area contributed by atoms with Crippen LogP contribution in [0.5, 0.6) is 11.5 Å². The third-order valence-corrected chi connectivity index (χ3v) is 5.39. The lowest BCUT2D eigenvalue weighted by molar-refractivity contribution is -0.156. The zero-order chi connectivity index (χ0) is 26.3. The maximum atomic E-state index is 12.6. The number of hydrogen-bond donors (Lipinski definition) is 3. The second-order valence-electron chi connectivity index (χ2n) is 9.42. The topological polar surface area (TPSA) is 108 Å². The van der Waals surface area contributed by atoms with Crippen LogP contribution in [-0.2, 0) is 9.53 Å². The second-order valence-corrected chi connectivity index (χ2v) is 9.42. The number of amides is 1. The van der Waals surface area contributed by atoms with Gasteiger partial charge >= 0.3 is 5.97 Å². The van der Waals surface area contributed by atoms with E-state index in [4.69, 9.17) is 9.47 Å². The molecule has 0 aliphatic rings. The molecule has 0 aliphatic heterocycles. The summed E-state index contributed by atoms with van der Waals surface area (Å²) in [7, 11) is 0. The van der Waals surface area contributed by atoms with E-state index in [0.29, 0.717) is 30.2 Å². The number of hydrogen-bond acceptors (Lipinski definition) is 7. The van der Waals surface area contributed by atoms with Crippen LogP contribution in [0.2, 0.25) is 0 Å². The summed E-state index contributed by atoms with van der Waals surface area (Å²) in [4.78, 5) is 26.6. The van der Waals surface area contributed by atoms with Crippen LogP contribution in [0.3, 0.4) is 0 Å². The lowest BCUT2D eigenvalue weighted by Crippen LogP contribution is -2.42. The Morgan fingerprint density at radius 3 is 2.11 bits per heavy atom. The number of anilines is 1. The number of nitrogens with one attached hydrogen (secondary N) is 1. The van der Waals surface area contributed by atoms with Crippen molar-refractivity contribution in [3.8, 4) is 11.5 Å². The third kappa shape index (κ3) is 6.96. The molecular formula is C28H34N2O6. The molecule has 0 aromatic heterocycles. The molecule has 8 nitrogen and oxygen atoms in total. The standard InChI is InChI=1S/C28H34N2O6/c1-19(27(34)36-28(2,3)4)29-26(33)20-9-11-21(12-10-20)35-25-14-13-24(30(15-17-31)16-18-32)22-7-5-6-8-23(22)25/h5-14,19,31-32H,15-18H2,1-4H3,(H,29,33)/t19-/m0/s1. The van der Waals surface area contributed by atoms with Crippen molar-refractivity contribution in [1.29, 1.82) is 0 Å². The minimum absolute atomic E-state index is 0.0247. The van der Waals surface area contributed by atoms with E-state index < -0.39 is 17.6 Å². The summed E-state index contributed by atoms with van der Waals surface area (Å²) in [6.45, 7) is 7.66. The Bertz CT molecular complexity index is 1180. The number of ether oxygens (including phenoxy) is 2. The minimum atomic E-state index is -0.784. The summed E-state index contributed by atoms with van der Waals surface area (Å²) < 4.78 is 11.4. The van der Waals surface area contributed by atoms with Crippen molar-refractivity contribution in [3.63, 3.8) is 0 Å². The average Bonchev–Trinajstić information content (AvgIpc) is 2.83. The number of carbonyl (C=O) groups is 2. The molecule has 8 heteroatoms. The molecule has 0 saturated carbocycles. The van der Waals surface area contributed by atoms with Gasteiger partial charge in [-0.05, 0) is 64.1 Å². The number of aliphatic hydroxyl groups is 2. The molecule has 36 heavy (non-hydrogen) atoms. The van der Waals surface area contributed by atoms with E-state index in [1.54, 1.807) is 52.0 Å². The Kier molecular flexibility index (Phi) is 8.90. The van der Waals surface area contributed by atoms with Gasteiger partial charge in [0.2, 0.25) is 0 Å². The molecule has 0 bridgehead atoms. The van der Waals surface area contributed by atoms with E-state index >= 15 is 0 Å². The van der Waals surface area contributed by atoms with Crippen LogP contribution in [0, 0.1) is 0 Å². The fraction of sp³-hybridized carbons (Fsp3) is 0.357. The summed E-state index contributed by atoms with van der Waals surface area (Å²) >= 11 is 0. The number of nitrogens with zero attached hydrogens (tertiary/aromatic N) is 1. The first-order valence-electron chi connectivity index (χ1n) is 11.9. The molecule has 1 amide bonds. The Morgan fingerprint density at radius 2 is 1.53 bits per heavy atom. The number of carbonyl (C=O) groups excluding carboxylic acids is 2. The lowest BCUT2D eigenvalue weighted by Gasteiger charge is -2.25. The molecular weight excluding hydrogens is 460 g/mol. The fourth-order valence-electron chi connectivity index (χ4n) is 3.74. The van der Waals surface area contributed by atoms with E-state index in [1.807, 2.05) is 41.3 Å². The lowest BCUT2D eigenvalue weighted by atomic mass is 10.1. The Morgan fingerprint density at radius 1 is 0.917 bits per heavy atom. The maximum Gasteiger partial charge on any atom is 0.328 e. The van der Waals surface area contributed by atoms with Crippen molar-refractivity contribution in [2.75, 3.05) is 31.2 Å². The first kappa shape index (κ1) is 27.0. The molecule has 0 spiro atoms.